The van der Waals surface area contributed by atoms with E-state index in [1.807, 2.05) is 22.6 Å². The van der Waals surface area contributed by atoms with E-state index in [4.69, 9.17) is 0 Å². The molecule has 2 aromatic rings. The van der Waals surface area contributed by atoms with E-state index in [-0.39, 0.29) is 5.69 Å². The lowest BCUT2D eigenvalue weighted by molar-refractivity contribution is -0.139. The van der Waals surface area contributed by atoms with E-state index in [9.17, 15) is 22.4 Å². The summed E-state index contributed by atoms with van der Waals surface area (Å²) in [7, 11) is 0. The minimum absolute atomic E-state index is 0.118. The molecular weight excluding hydrogens is 401 g/mol. The fraction of sp³-hybridized carbons (Fsp3) is 0.0714. The van der Waals surface area contributed by atoms with Crippen LogP contribution in [0.4, 0.5) is 23.2 Å². The summed E-state index contributed by atoms with van der Waals surface area (Å²) in [6, 6.07) is 8.87. The molecule has 0 spiro atoms. The van der Waals surface area contributed by atoms with Crippen molar-refractivity contribution in [2.45, 2.75) is 6.18 Å². The van der Waals surface area contributed by atoms with Gasteiger partial charge in [-0.05, 0) is 59.0 Å². The molecule has 0 aliphatic heterocycles. The molecule has 7 heteroatoms. The van der Waals surface area contributed by atoms with Gasteiger partial charge in [0.25, 0.3) is 5.91 Å². The topological polar surface area (TPSA) is 29.1 Å². The lowest BCUT2D eigenvalue weighted by Gasteiger charge is -2.11. The summed E-state index contributed by atoms with van der Waals surface area (Å²) in [5.41, 5.74) is -1.23. The molecule has 1 amide bonds. The molecular formula is C14H8F4INO. The molecule has 1 N–H and O–H groups in total. The van der Waals surface area contributed by atoms with E-state index in [2.05, 4.69) is 5.32 Å². The second-order valence-electron chi connectivity index (χ2n) is 4.16. The van der Waals surface area contributed by atoms with Gasteiger partial charge in [0, 0.05) is 14.8 Å². The molecule has 2 nitrogen and oxygen atoms in total. The van der Waals surface area contributed by atoms with Gasteiger partial charge < -0.3 is 5.32 Å². The lowest BCUT2D eigenvalue weighted by atomic mass is 10.1. The van der Waals surface area contributed by atoms with Crippen LogP contribution in [0.25, 0.3) is 0 Å². The Morgan fingerprint density at radius 1 is 1.10 bits per heavy atom. The first-order valence-corrected chi connectivity index (χ1v) is 6.79. The Labute approximate surface area is 131 Å². The van der Waals surface area contributed by atoms with Crippen LogP contribution < -0.4 is 5.32 Å². The molecule has 0 radical (unpaired) electrons. The van der Waals surface area contributed by atoms with E-state index in [0.29, 0.717) is 17.7 Å². The maximum absolute atomic E-state index is 13.1. The highest BCUT2D eigenvalue weighted by Crippen LogP contribution is 2.33. The van der Waals surface area contributed by atoms with Crippen LogP contribution in [0.3, 0.4) is 0 Å². The Kier molecular flexibility index (Phi) is 4.50. The predicted molar refractivity (Wildman–Crippen MR) is 78.5 cm³/mol. The number of carbonyl (C=O) groups is 1. The first kappa shape index (κ1) is 15.7. The maximum Gasteiger partial charge on any atom is 0.419 e. The average molecular weight is 409 g/mol. The molecule has 2 aromatic carbocycles. The van der Waals surface area contributed by atoms with Gasteiger partial charge in [-0.3, -0.25) is 4.79 Å². The third-order valence-electron chi connectivity index (χ3n) is 2.62. The molecule has 2 rings (SSSR count). The van der Waals surface area contributed by atoms with E-state index in [1.54, 1.807) is 18.2 Å². The Balaban J connectivity index is 2.26. The number of nitrogens with one attached hydrogen (secondary N) is 1. The second kappa shape index (κ2) is 6.00. The zero-order valence-corrected chi connectivity index (χ0v) is 12.5. The quantitative estimate of drug-likeness (QED) is 0.566. The van der Waals surface area contributed by atoms with Gasteiger partial charge >= 0.3 is 6.18 Å². The number of rotatable bonds is 2. The lowest BCUT2D eigenvalue weighted by Crippen LogP contribution is -2.14. The van der Waals surface area contributed by atoms with Crippen LogP contribution in [0.15, 0.2) is 42.5 Å². The van der Waals surface area contributed by atoms with Gasteiger partial charge in [-0.25, -0.2) is 4.39 Å². The summed E-state index contributed by atoms with van der Waals surface area (Å²) >= 11 is 2.01. The molecule has 0 heterocycles. The number of anilines is 1. The van der Waals surface area contributed by atoms with Crippen LogP contribution in [0.5, 0.6) is 0 Å². The zero-order valence-electron chi connectivity index (χ0n) is 10.3. The molecule has 110 valence electrons. The highest BCUT2D eigenvalue weighted by atomic mass is 127. The van der Waals surface area contributed by atoms with Gasteiger partial charge in [-0.15, -0.1) is 0 Å². The van der Waals surface area contributed by atoms with Crippen LogP contribution in [0, 0.1) is 9.39 Å². The second-order valence-corrected chi connectivity index (χ2v) is 5.40. The number of amides is 1. The molecule has 0 aliphatic carbocycles. The maximum atomic E-state index is 13.1. The van der Waals surface area contributed by atoms with Gasteiger partial charge in [-0.2, -0.15) is 13.2 Å². The van der Waals surface area contributed by atoms with E-state index < -0.39 is 23.5 Å². The molecule has 0 fully saturated rings. The minimum Gasteiger partial charge on any atom is -0.322 e. The fourth-order valence-electron chi connectivity index (χ4n) is 1.65. The molecule has 21 heavy (non-hydrogen) atoms. The van der Waals surface area contributed by atoms with Crippen LogP contribution >= 0.6 is 22.6 Å². The number of hydrogen-bond acceptors (Lipinski definition) is 1. The Morgan fingerprint density at radius 3 is 2.43 bits per heavy atom. The highest BCUT2D eigenvalue weighted by Gasteiger charge is 2.34. The molecule has 0 aliphatic rings. The van der Waals surface area contributed by atoms with E-state index in [1.165, 1.54) is 6.07 Å². The Hall–Kier alpha value is -1.64. The van der Waals surface area contributed by atoms with Gasteiger partial charge in [0.05, 0.1) is 5.56 Å². The Morgan fingerprint density at radius 2 is 1.81 bits per heavy atom. The Bertz CT molecular complexity index is 685. The van der Waals surface area contributed by atoms with Crippen molar-refractivity contribution in [1.82, 2.24) is 0 Å². The van der Waals surface area contributed by atoms with Crippen LogP contribution in [0.2, 0.25) is 0 Å². The average Bonchev–Trinajstić information content (AvgIpc) is 2.39. The molecule has 0 unspecified atom stereocenters. The summed E-state index contributed by atoms with van der Waals surface area (Å²) in [5.74, 6) is -1.94. The minimum atomic E-state index is -4.81. The van der Waals surface area contributed by atoms with Crippen LogP contribution in [0.1, 0.15) is 15.9 Å². The molecule has 0 atom stereocenters. The van der Waals surface area contributed by atoms with Gasteiger partial charge in [0.2, 0.25) is 0 Å². The SMILES string of the molecule is O=C(Nc1ccc(F)c(C(F)(F)F)c1)c1cccc(I)c1. The van der Waals surface area contributed by atoms with Crippen LogP contribution in [-0.4, -0.2) is 5.91 Å². The van der Waals surface area contributed by atoms with E-state index >= 15 is 0 Å². The van der Waals surface area contributed by atoms with Crippen LogP contribution in [-0.2, 0) is 6.18 Å². The third-order valence-corrected chi connectivity index (χ3v) is 3.29. The van der Waals surface area contributed by atoms with Crippen molar-refractivity contribution in [3.05, 3.63) is 63.0 Å². The summed E-state index contributed by atoms with van der Waals surface area (Å²) < 4.78 is 51.7. The van der Waals surface area contributed by atoms with Crippen molar-refractivity contribution in [1.29, 1.82) is 0 Å². The summed E-state index contributed by atoms with van der Waals surface area (Å²) in [5, 5.41) is 2.32. The van der Waals surface area contributed by atoms with Crippen molar-refractivity contribution in [3.8, 4) is 0 Å². The normalized spacial score (nSPS) is 11.3. The zero-order chi connectivity index (χ0) is 15.6. The smallest absolute Gasteiger partial charge is 0.322 e. The summed E-state index contributed by atoms with van der Waals surface area (Å²) in [6.45, 7) is 0. The monoisotopic (exact) mass is 409 g/mol. The van der Waals surface area contributed by atoms with Gasteiger partial charge in [-0.1, -0.05) is 6.07 Å². The van der Waals surface area contributed by atoms with Crippen molar-refractivity contribution >= 4 is 34.2 Å². The molecule has 0 aromatic heterocycles. The predicted octanol–water partition coefficient (Wildman–Crippen LogP) is 4.70. The number of hydrogen-bond donors (Lipinski definition) is 1. The van der Waals surface area contributed by atoms with Gasteiger partial charge in [0.15, 0.2) is 0 Å². The largest absolute Gasteiger partial charge is 0.419 e. The fourth-order valence-corrected chi connectivity index (χ4v) is 2.20. The first-order valence-electron chi connectivity index (χ1n) is 5.71. The number of carbonyl (C=O) groups excluding carboxylic acids is 1. The van der Waals surface area contributed by atoms with Gasteiger partial charge in [0.1, 0.15) is 5.82 Å². The van der Waals surface area contributed by atoms with Crippen molar-refractivity contribution in [3.63, 3.8) is 0 Å². The summed E-state index contributed by atoms with van der Waals surface area (Å²) in [4.78, 5) is 11.9. The number of halogens is 5. The molecule has 0 bridgehead atoms. The van der Waals surface area contributed by atoms with E-state index in [0.717, 1.165) is 9.64 Å². The number of benzene rings is 2. The number of alkyl halides is 3. The van der Waals surface area contributed by atoms with Crippen molar-refractivity contribution in [2.24, 2.45) is 0 Å². The summed E-state index contributed by atoms with van der Waals surface area (Å²) in [6.07, 6.45) is -4.81. The molecule has 0 saturated heterocycles. The third kappa shape index (κ3) is 3.93. The highest BCUT2D eigenvalue weighted by molar-refractivity contribution is 14.1. The van der Waals surface area contributed by atoms with Crippen molar-refractivity contribution in [2.75, 3.05) is 5.32 Å². The van der Waals surface area contributed by atoms with Crippen molar-refractivity contribution < 1.29 is 22.4 Å². The first-order chi connectivity index (χ1) is 9.77. The standard InChI is InChI=1S/C14H8F4INO/c15-12-5-4-10(7-11(12)14(16,17)18)20-13(21)8-2-1-3-9(19)6-8/h1-7H,(H,20,21). The molecule has 0 saturated carbocycles.